The quantitative estimate of drug-likeness (QED) is 0.669. The molecule has 0 aromatic carbocycles. The fourth-order valence-electron chi connectivity index (χ4n) is 1.51. The third-order valence-corrected chi connectivity index (χ3v) is 2.48. The summed E-state index contributed by atoms with van der Waals surface area (Å²) in [6.07, 6.45) is 1.47. The number of nitrogens with one attached hydrogen (secondary N) is 1. The van der Waals surface area contributed by atoms with Gasteiger partial charge in [-0.2, -0.15) is 0 Å². The molecule has 1 N–H and O–H groups in total. The Morgan fingerprint density at radius 3 is 2.41 bits per heavy atom. The van der Waals surface area contributed by atoms with Gasteiger partial charge < -0.3 is 4.90 Å². The molecule has 0 radical (unpaired) electrons. The van der Waals surface area contributed by atoms with E-state index < -0.39 is 12.1 Å². The summed E-state index contributed by atoms with van der Waals surface area (Å²) in [5, 5.41) is 2.81. The van der Waals surface area contributed by atoms with Crippen molar-refractivity contribution in [2.45, 2.75) is 13.1 Å². The summed E-state index contributed by atoms with van der Waals surface area (Å²) in [5.74, 6) is -0.907. The summed E-state index contributed by atoms with van der Waals surface area (Å²) < 4.78 is 0. The minimum atomic E-state index is -0.784. The average molecular weight is 237 g/mol. The van der Waals surface area contributed by atoms with Crippen molar-refractivity contribution in [3.05, 3.63) is 25.3 Å². The third kappa shape index (κ3) is 2.79. The van der Waals surface area contributed by atoms with Crippen molar-refractivity contribution in [2.24, 2.45) is 0 Å². The van der Waals surface area contributed by atoms with E-state index in [4.69, 9.17) is 0 Å². The van der Waals surface area contributed by atoms with Crippen molar-refractivity contribution in [1.82, 2.24) is 15.1 Å². The first-order valence-corrected chi connectivity index (χ1v) is 5.09. The van der Waals surface area contributed by atoms with Gasteiger partial charge in [0.2, 0.25) is 11.8 Å². The highest BCUT2D eigenvalue weighted by Gasteiger charge is 2.33. The Bertz CT molecular complexity index is 378. The van der Waals surface area contributed by atoms with Crippen molar-refractivity contribution in [1.29, 1.82) is 0 Å². The van der Waals surface area contributed by atoms with Crippen LogP contribution in [0.5, 0.6) is 0 Å². The molecule has 1 saturated heterocycles. The predicted molar refractivity (Wildman–Crippen MR) is 61.4 cm³/mol. The van der Waals surface area contributed by atoms with E-state index in [0.717, 1.165) is 12.2 Å². The molecule has 1 heterocycles. The predicted octanol–water partition coefficient (Wildman–Crippen LogP) is -0.551. The molecular formula is C11H15N3O3. The van der Waals surface area contributed by atoms with Crippen LogP contribution >= 0.6 is 0 Å². The second kappa shape index (κ2) is 5.40. The van der Waals surface area contributed by atoms with Gasteiger partial charge in [0, 0.05) is 6.92 Å². The van der Waals surface area contributed by atoms with Crippen LogP contribution in [0.1, 0.15) is 6.92 Å². The fourth-order valence-corrected chi connectivity index (χ4v) is 1.51. The lowest BCUT2D eigenvalue weighted by molar-refractivity contribution is -0.148. The molecule has 1 aliphatic heterocycles. The van der Waals surface area contributed by atoms with E-state index in [1.807, 2.05) is 0 Å². The molecule has 1 atom stereocenters. The lowest BCUT2D eigenvalue weighted by Gasteiger charge is -2.40. The third-order valence-electron chi connectivity index (χ3n) is 2.48. The summed E-state index contributed by atoms with van der Waals surface area (Å²) in [4.78, 5) is 37.0. The van der Waals surface area contributed by atoms with E-state index in [0.29, 0.717) is 0 Å². The maximum absolute atomic E-state index is 11.6. The maximum Gasteiger partial charge on any atom is 0.249 e. The molecule has 0 aliphatic carbocycles. The van der Waals surface area contributed by atoms with Crippen LogP contribution in [0.15, 0.2) is 25.3 Å². The van der Waals surface area contributed by atoms with Gasteiger partial charge >= 0.3 is 0 Å². The molecule has 92 valence electrons. The smallest absolute Gasteiger partial charge is 0.249 e. The number of nitrogens with zero attached hydrogens (tertiary/aromatic N) is 2. The molecule has 0 aromatic heterocycles. The second-order valence-electron chi connectivity index (χ2n) is 3.58. The Labute approximate surface area is 99.6 Å². The van der Waals surface area contributed by atoms with E-state index in [1.165, 1.54) is 16.7 Å². The van der Waals surface area contributed by atoms with Gasteiger partial charge in [0.1, 0.15) is 6.17 Å². The minimum Gasteiger partial charge on any atom is -0.312 e. The Kier molecular flexibility index (Phi) is 4.17. The maximum atomic E-state index is 11.6. The van der Waals surface area contributed by atoms with Crippen molar-refractivity contribution >= 4 is 17.6 Å². The highest BCUT2D eigenvalue weighted by atomic mass is 16.2. The molecule has 2 amide bonds. The van der Waals surface area contributed by atoms with Crippen LogP contribution in [-0.4, -0.2) is 46.9 Å². The molecule has 6 nitrogen and oxygen atoms in total. The van der Waals surface area contributed by atoms with Gasteiger partial charge in [-0.3, -0.25) is 24.6 Å². The van der Waals surface area contributed by atoms with E-state index in [9.17, 15) is 14.4 Å². The molecule has 1 fully saturated rings. The topological polar surface area (TPSA) is 69.7 Å². The summed E-state index contributed by atoms with van der Waals surface area (Å²) in [7, 11) is 0. The normalized spacial score (nSPS) is 19.7. The fraction of sp³-hybridized carbons (Fsp3) is 0.364. The summed E-state index contributed by atoms with van der Waals surface area (Å²) in [5.41, 5.74) is 0. The lowest BCUT2D eigenvalue weighted by Crippen LogP contribution is -2.64. The Balaban J connectivity index is 2.90. The van der Waals surface area contributed by atoms with E-state index >= 15 is 0 Å². The van der Waals surface area contributed by atoms with Crippen LogP contribution in [0, 0.1) is 0 Å². The molecule has 1 aliphatic rings. The van der Waals surface area contributed by atoms with Crippen LogP contribution in [0.4, 0.5) is 0 Å². The van der Waals surface area contributed by atoms with Crippen molar-refractivity contribution in [3.8, 4) is 0 Å². The van der Waals surface area contributed by atoms with Crippen molar-refractivity contribution in [3.63, 3.8) is 0 Å². The van der Waals surface area contributed by atoms with Gasteiger partial charge in [0.25, 0.3) is 0 Å². The lowest BCUT2D eigenvalue weighted by atomic mass is 10.2. The summed E-state index contributed by atoms with van der Waals surface area (Å²) in [6.45, 7) is 8.43. The van der Waals surface area contributed by atoms with Crippen LogP contribution in [0.25, 0.3) is 0 Å². The molecule has 6 heteroatoms. The van der Waals surface area contributed by atoms with Crippen LogP contribution in [0.3, 0.4) is 0 Å². The molecule has 1 rings (SSSR count). The van der Waals surface area contributed by atoms with Gasteiger partial charge in [0.15, 0.2) is 5.78 Å². The summed E-state index contributed by atoms with van der Waals surface area (Å²) in [6, 6.07) is 0. The molecule has 0 bridgehead atoms. The van der Waals surface area contributed by atoms with Crippen LogP contribution in [0.2, 0.25) is 0 Å². The number of ketones is 1. The summed E-state index contributed by atoms with van der Waals surface area (Å²) >= 11 is 0. The standard InChI is InChI=1S/C11H15N3O3/c1-4-9(16)11-12-6-13(8(3)15)7-14(11)10(17)5-2/h4-5,11-12H,1-2,6-7H2,3H3. The molecule has 0 aromatic rings. The van der Waals surface area contributed by atoms with Gasteiger partial charge in [-0.15, -0.1) is 0 Å². The highest BCUT2D eigenvalue weighted by molar-refractivity contribution is 5.98. The zero-order valence-electron chi connectivity index (χ0n) is 9.68. The van der Waals surface area contributed by atoms with Crippen LogP contribution in [-0.2, 0) is 14.4 Å². The SMILES string of the molecule is C=CC(=O)C1NCN(C(C)=O)CN1C(=O)C=C. The van der Waals surface area contributed by atoms with Gasteiger partial charge in [0.05, 0.1) is 13.3 Å². The highest BCUT2D eigenvalue weighted by Crippen LogP contribution is 2.08. The Morgan fingerprint density at radius 1 is 1.29 bits per heavy atom. The molecule has 17 heavy (non-hydrogen) atoms. The van der Waals surface area contributed by atoms with E-state index in [1.54, 1.807) is 0 Å². The zero-order valence-corrected chi connectivity index (χ0v) is 9.68. The molecule has 0 saturated carbocycles. The zero-order chi connectivity index (χ0) is 13.0. The first-order chi connectivity index (χ1) is 8.01. The number of hydrogen-bond acceptors (Lipinski definition) is 4. The number of carbonyl (C=O) groups is 3. The van der Waals surface area contributed by atoms with Crippen molar-refractivity contribution in [2.75, 3.05) is 13.3 Å². The van der Waals surface area contributed by atoms with Gasteiger partial charge in [-0.05, 0) is 12.2 Å². The van der Waals surface area contributed by atoms with E-state index in [2.05, 4.69) is 18.5 Å². The largest absolute Gasteiger partial charge is 0.312 e. The first kappa shape index (κ1) is 13.1. The number of amides is 2. The van der Waals surface area contributed by atoms with Gasteiger partial charge in [-0.1, -0.05) is 13.2 Å². The van der Waals surface area contributed by atoms with E-state index in [-0.39, 0.29) is 25.0 Å². The number of rotatable bonds is 3. The molecular weight excluding hydrogens is 222 g/mol. The molecule has 1 unspecified atom stereocenters. The Morgan fingerprint density at radius 2 is 1.94 bits per heavy atom. The van der Waals surface area contributed by atoms with Gasteiger partial charge in [-0.25, -0.2) is 0 Å². The average Bonchev–Trinajstić information content (AvgIpc) is 2.35. The number of hydrogen-bond donors (Lipinski definition) is 1. The first-order valence-electron chi connectivity index (χ1n) is 5.09. The van der Waals surface area contributed by atoms with Crippen LogP contribution < -0.4 is 5.32 Å². The van der Waals surface area contributed by atoms with Crippen molar-refractivity contribution < 1.29 is 14.4 Å². The molecule has 0 spiro atoms. The minimum absolute atomic E-state index is 0.0669. The second-order valence-corrected chi connectivity index (χ2v) is 3.58. The number of carbonyl (C=O) groups excluding carboxylic acids is 3. The Hall–Kier alpha value is -1.95. The monoisotopic (exact) mass is 237 g/mol.